The van der Waals surface area contributed by atoms with Gasteiger partial charge in [0.25, 0.3) is 0 Å². The topological polar surface area (TPSA) is 47.6 Å². The van der Waals surface area contributed by atoms with E-state index in [0.717, 1.165) is 5.56 Å². The molecular formula is C13H19NO3. The second-order valence-electron chi connectivity index (χ2n) is 3.83. The van der Waals surface area contributed by atoms with Gasteiger partial charge >= 0.3 is 5.97 Å². The van der Waals surface area contributed by atoms with E-state index in [2.05, 4.69) is 10.1 Å². The Bertz CT molecular complexity index is 340. The van der Waals surface area contributed by atoms with Crippen LogP contribution in [0, 0.1) is 0 Å². The maximum atomic E-state index is 11.4. The smallest absolute Gasteiger partial charge is 0.322 e. The third kappa shape index (κ3) is 4.17. The molecule has 2 unspecified atom stereocenters. The predicted octanol–water partition coefficient (Wildman–Crippen LogP) is 1.53. The van der Waals surface area contributed by atoms with Crippen molar-refractivity contribution < 1.29 is 14.3 Å². The summed E-state index contributed by atoms with van der Waals surface area (Å²) < 4.78 is 9.84. The van der Waals surface area contributed by atoms with Gasteiger partial charge in [0, 0.05) is 7.11 Å². The molecular weight excluding hydrogens is 218 g/mol. The third-order valence-corrected chi connectivity index (χ3v) is 2.54. The maximum Gasteiger partial charge on any atom is 0.322 e. The summed E-state index contributed by atoms with van der Waals surface area (Å²) in [7, 11) is 3.02. The number of methoxy groups -OCH3 is 2. The Morgan fingerprint density at radius 3 is 2.47 bits per heavy atom. The molecule has 1 aromatic rings. The van der Waals surface area contributed by atoms with Gasteiger partial charge in [0.2, 0.25) is 0 Å². The molecule has 0 aliphatic rings. The monoisotopic (exact) mass is 237 g/mol. The van der Waals surface area contributed by atoms with Gasteiger partial charge in [-0.25, -0.2) is 0 Å². The highest BCUT2D eigenvalue weighted by Crippen LogP contribution is 2.13. The van der Waals surface area contributed by atoms with Crippen molar-refractivity contribution in [2.75, 3.05) is 20.8 Å². The van der Waals surface area contributed by atoms with Gasteiger partial charge in [-0.05, 0) is 12.5 Å². The van der Waals surface area contributed by atoms with E-state index in [0.29, 0.717) is 6.61 Å². The molecule has 0 saturated carbocycles. The van der Waals surface area contributed by atoms with Crippen molar-refractivity contribution in [1.82, 2.24) is 5.32 Å². The van der Waals surface area contributed by atoms with Crippen LogP contribution in [0.25, 0.3) is 0 Å². The van der Waals surface area contributed by atoms with Gasteiger partial charge in [0.1, 0.15) is 6.04 Å². The van der Waals surface area contributed by atoms with E-state index in [9.17, 15) is 4.79 Å². The molecule has 1 rings (SSSR count). The van der Waals surface area contributed by atoms with Crippen molar-refractivity contribution in [2.24, 2.45) is 0 Å². The minimum absolute atomic E-state index is 0.0182. The molecule has 94 valence electrons. The molecule has 0 amide bonds. The molecule has 0 aromatic heterocycles. The number of nitrogens with one attached hydrogen (secondary N) is 1. The number of ether oxygens (including phenoxy) is 2. The van der Waals surface area contributed by atoms with Crippen LogP contribution in [0.5, 0.6) is 0 Å². The van der Waals surface area contributed by atoms with Crippen molar-refractivity contribution in [2.45, 2.75) is 19.0 Å². The minimum atomic E-state index is -0.361. The maximum absolute atomic E-state index is 11.4. The summed E-state index contributed by atoms with van der Waals surface area (Å²) in [5, 5.41) is 3.19. The van der Waals surface area contributed by atoms with Crippen molar-refractivity contribution >= 4 is 5.97 Å². The van der Waals surface area contributed by atoms with Crippen molar-refractivity contribution in [3.63, 3.8) is 0 Å². The van der Waals surface area contributed by atoms with Crippen molar-refractivity contribution in [3.05, 3.63) is 35.9 Å². The predicted molar refractivity (Wildman–Crippen MR) is 65.7 cm³/mol. The Kier molecular flexibility index (Phi) is 5.66. The van der Waals surface area contributed by atoms with Crippen LogP contribution in [0.3, 0.4) is 0 Å². The number of hydrogen-bond acceptors (Lipinski definition) is 4. The summed E-state index contributed by atoms with van der Waals surface area (Å²) in [5.41, 5.74) is 1.09. The zero-order valence-electron chi connectivity index (χ0n) is 10.5. The fourth-order valence-corrected chi connectivity index (χ4v) is 1.64. The lowest BCUT2D eigenvalue weighted by Crippen LogP contribution is -2.39. The van der Waals surface area contributed by atoms with Gasteiger partial charge in [0.15, 0.2) is 0 Å². The molecule has 1 aromatic carbocycles. The van der Waals surface area contributed by atoms with Crippen LogP contribution in [-0.2, 0) is 14.3 Å². The van der Waals surface area contributed by atoms with E-state index in [1.54, 1.807) is 14.0 Å². The lowest BCUT2D eigenvalue weighted by Gasteiger charge is -2.21. The second kappa shape index (κ2) is 7.04. The lowest BCUT2D eigenvalue weighted by atomic mass is 10.1. The lowest BCUT2D eigenvalue weighted by molar-refractivity contribution is -0.142. The Labute approximate surface area is 102 Å². The van der Waals surface area contributed by atoms with Gasteiger partial charge in [-0.15, -0.1) is 0 Å². The average molecular weight is 237 g/mol. The summed E-state index contributed by atoms with van der Waals surface area (Å²) in [4.78, 5) is 11.4. The standard InChI is InChI=1S/C13H19NO3/c1-10(13(15)17-3)14-12(9-16-2)11-7-5-4-6-8-11/h4-8,10,12,14H,9H2,1-3H3. The number of carbonyl (C=O) groups excluding carboxylic acids is 1. The molecule has 0 aliphatic carbocycles. The third-order valence-electron chi connectivity index (χ3n) is 2.54. The molecule has 1 N–H and O–H groups in total. The van der Waals surface area contributed by atoms with E-state index in [-0.39, 0.29) is 18.1 Å². The van der Waals surface area contributed by atoms with Crippen LogP contribution < -0.4 is 5.32 Å². The first-order chi connectivity index (χ1) is 8.19. The minimum Gasteiger partial charge on any atom is -0.468 e. The van der Waals surface area contributed by atoms with Crippen LogP contribution in [0.4, 0.5) is 0 Å². The molecule has 2 atom stereocenters. The SMILES string of the molecule is COCC(NC(C)C(=O)OC)c1ccccc1. The molecule has 4 nitrogen and oxygen atoms in total. The van der Waals surface area contributed by atoms with Crippen LogP contribution in [0.1, 0.15) is 18.5 Å². The van der Waals surface area contributed by atoms with Crippen LogP contribution in [-0.4, -0.2) is 32.8 Å². The largest absolute Gasteiger partial charge is 0.468 e. The van der Waals surface area contributed by atoms with E-state index in [1.165, 1.54) is 7.11 Å². The number of hydrogen-bond donors (Lipinski definition) is 1. The number of rotatable bonds is 6. The van der Waals surface area contributed by atoms with Gasteiger partial charge in [-0.3, -0.25) is 10.1 Å². The van der Waals surface area contributed by atoms with Gasteiger partial charge < -0.3 is 9.47 Å². The van der Waals surface area contributed by atoms with Gasteiger partial charge in [0.05, 0.1) is 19.8 Å². The van der Waals surface area contributed by atoms with Crippen molar-refractivity contribution in [3.8, 4) is 0 Å². The van der Waals surface area contributed by atoms with E-state index < -0.39 is 0 Å². The van der Waals surface area contributed by atoms with E-state index >= 15 is 0 Å². The summed E-state index contributed by atoms with van der Waals surface area (Å²) in [6, 6.07) is 9.50. The number of esters is 1. The Balaban J connectivity index is 2.70. The zero-order chi connectivity index (χ0) is 12.7. The average Bonchev–Trinajstić information content (AvgIpc) is 2.38. The first-order valence-electron chi connectivity index (χ1n) is 5.56. The van der Waals surface area contributed by atoms with Crippen LogP contribution in [0.15, 0.2) is 30.3 Å². The fourth-order valence-electron chi connectivity index (χ4n) is 1.64. The first kappa shape index (κ1) is 13.7. The summed E-state index contributed by atoms with van der Waals surface area (Å²) >= 11 is 0. The molecule has 0 spiro atoms. The molecule has 4 heteroatoms. The molecule has 0 heterocycles. The van der Waals surface area contributed by atoms with Crippen LogP contribution in [0.2, 0.25) is 0 Å². The fraction of sp³-hybridized carbons (Fsp3) is 0.462. The van der Waals surface area contributed by atoms with Gasteiger partial charge in [-0.2, -0.15) is 0 Å². The number of carbonyl (C=O) groups is 1. The summed E-state index contributed by atoms with van der Waals surface area (Å²) in [5.74, 6) is -0.276. The van der Waals surface area contributed by atoms with Crippen LogP contribution >= 0.6 is 0 Å². The molecule has 17 heavy (non-hydrogen) atoms. The summed E-state index contributed by atoms with van der Waals surface area (Å²) in [6.07, 6.45) is 0. The molecule has 0 radical (unpaired) electrons. The first-order valence-corrected chi connectivity index (χ1v) is 5.56. The zero-order valence-corrected chi connectivity index (χ0v) is 10.5. The number of benzene rings is 1. The quantitative estimate of drug-likeness (QED) is 0.762. The summed E-state index contributed by atoms with van der Waals surface area (Å²) in [6.45, 7) is 2.28. The molecule has 0 bridgehead atoms. The Hall–Kier alpha value is -1.39. The molecule has 0 saturated heterocycles. The Morgan fingerprint density at radius 1 is 1.29 bits per heavy atom. The van der Waals surface area contributed by atoms with E-state index in [4.69, 9.17) is 4.74 Å². The normalized spacial score (nSPS) is 14.1. The van der Waals surface area contributed by atoms with Gasteiger partial charge in [-0.1, -0.05) is 30.3 Å². The van der Waals surface area contributed by atoms with E-state index in [1.807, 2.05) is 30.3 Å². The second-order valence-corrected chi connectivity index (χ2v) is 3.83. The Morgan fingerprint density at radius 2 is 1.94 bits per heavy atom. The molecule has 0 fully saturated rings. The molecule has 0 aliphatic heterocycles. The highest BCUT2D eigenvalue weighted by atomic mass is 16.5. The highest BCUT2D eigenvalue weighted by Gasteiger charge is 2.19. The van der Waals surface area contributed by atoms with Crippen molar-refractivity contribution in [1.29, 1.82) is 0 Å². The highest BCUT2D eigenvalue weighted by molar-refractivity contribution is 5.75.